The Labute approximate surface area is 132 Å². The lowest BCUT2D eigenvalue weighted by Gasteiger charge is -2.11. The first-order valence-corrected chi connectivity index (χ1v) is 7.83. The Balaban J connectivity index is 1.67. The number of thioether (sulfide) groups is 1. The van der Waals surface area contributed by atoms with Gasteiger partial charge in [0.25, 0.3) is 0 Å². The van der Waals surface area contributed by atoms with Gasteiger partial charge >= 0.3 is 0 Å². The summed E-state index contributed by atoms with van der Waals surface area (Å²) in [4.78, 5) is 11.9. The summed E-state index contributed by atoms with van der Waals surface area (Å²) < 4.78 is 23.1. The average molecular weight is 324 g/mol. The summed E-state index contributed by atoms with van der Waals surface area (Å²) >= 11 is 1.46. The zero-order valence-corrected chi connectivity index (χ0v) is 13.2. The number of aromatic nitrogens is 1. The molecule has 0 aliphatic carbocycles. The SMILES string of the molecule is Cc1cc(NC(=O)[C@@H](C)SCCOc2ccc(F)cc2)on1. The second kappa shape index (κ2) is 7.84. The number of carbonyl (C=O) groups is 1. The molecule has 1 atom stereocenters. The fourth-order valence-electron chi connectivity index (χ4n) is 1.64. The molecule has 2 aromatic rings. The van der Waals surface area contributed by atoms with Gasteiger partial charge in [-0.25, -0.2) is 4.39 Å². The third-order valence-corrected chi connectivity index (χ3v) is 3.89. The lowest BCUT2D eigenvalue weighted by Crippen LogP contribution is -2.23. The molecule has 1 amide bonds. The molecule has 1 heterocycles. The van der Waals surface area contributed by atoms with Crippen LogP contribution < -0.4 is 10.1 Å². The maximum absolute atomic E-state index is 12.7. The molecule has 22 heavy (non-hydrogen) atoms. The molecule has 0 radical (unpaired) electrons. The lowest BCUT2D eigenvalue weighted by molar-refractivity contribution is -0.115. The molecule has 1 aromatic carbocycles. The zero-order valence-electron chi connectivity index (χ0n) is 12.3. The molecule has 118 valence electrons. The summed E-state index contributed by atoms with van der Waals surface area (Å²) in [6.45, 7) is 4.03. The van der Waals surface area contributed by atoms with Crippen LogP contribution in [0.4, 0.5) is 10.3 Å². The maximum Gasteiger partial charge on any atom is 0.239 e. The predicted molar refractivity (Wildman–Crippen MR) is 83.7 cm³/mol. The van der Waals surface area contributed by atoms with Crippen LogP contribution in [0.1, 0.15) is 12.6 Å². The molecule has 0 spiro atoms. The minimum atomic E-state index is -0.297. The van der Waals surface area contributed by atoms with E-state index in [4.69, 9.17) is 9.26 Å². The normalized spacial score (nSPS) is 12.0. The highest BCUT2D eigenvalue weighted by atomic mass is 32.2. The molecule has 5 nitrogen and oxygen atoms in total. The fraction of sp³-hybridized carbons (Fsp3) is 0.333. The molecule has 0 unspecified atom stereocenters. The Kier molecular flexibility index (Phi) is 5.83. The van der Waals surface area contributed by atoms with Crippen molar-refractivity contribution in [2.24, 2.45) is 0 Å². The Morgan fingerprint density at radius 2 is 2.18 bits per heavy atom. The van der Waals surface area contributed by atoms with E-state index in [0.29, 0.717) is 29.7 Å². The molecule has 1 N–H and O–H groups in total. The summed E-state index contributed by atoms with van der Waals surface area (Å²) in [7, 11) is 0. The Morgan fingerprint density at radius 1 is 1.45 bits per heavy atom. The van der Waals surface area contributed by atoms with E-state index in [1.54, 1.807) is 32.0 Å². The number of ether oxygens (including phenoxy) is 1. The fourth-order valence-corrected chi connectivity index (χ4v) is 2.38. The predicted octanol–water partition coefficient (Wildman–Crippen LogP) is 3.26. The summed E-state index contributed by atoms with van der Waals surface area (Å²) in [5.41, 5.74) is 0.711. The first kappa shape index (κ1) is 16.4. The number of nitrogens with zero attached hydrogens (tertiary/aromatic N) is 1. The summed E-state index contributed by atoms with van der Waals surface area (Å²) in [5.74, 6) is 1.15. The standard InChI is InChI=1S/C15H17FN2O3S/c1-10-9-14(21-18-10)17-15(19)11(2)22-8-7-20-13-5-3-12(16)4-6-13/h3-6,9,11H,7-8H2,1-2H3,(H,17,19)/t11-/m1/s1. The number of nitrogens with one attached hydrogen (secondary N) is 1. The van der Waals surface area contributed by atoms with E-state index in [1.165, 1.54) is 23.9 Å². The van der Waals surface area contributed by atoms with Gasteiger partial charge in [0.15, 0.2) is 0 Å². The summed E-state index contributed by atoms with van der Waals surface area (Å²) in [6, 6.07) is 7.49. The highest BCUT2D eigenvalue weighted by molar-refractivity contribution is 8.00. The lowest BCUT2D eigenvalue weighted by atomic mass is 10.3. The van der Waals surface area contributed by atoms with Crippen molar-refractivity contribution < 1.29 is 18.4 Å². The molecule has 0 aliphatic heterocycles. The van der Waals surface area contributed by atoms with Crippen LogP contribution >= 0.6 is 11.8 Å². The van der Waals surface area contributed by atoms with Gasteiger partial charge in [-0.05, 0) is 38.1 Å². The quantitative estimate of drug-likeness (QED) is 0.792. The summed E-state index contributed by atoms with van der Waals surface area (Å²) in [6.07, 6.45) is 0. The molecule has 0 saturated carbocycles. The molecule has 0 saturated heterocycles. The monoisotopic (exact) mass is 324 g/mol. The minimum absolute atomic E-state index is 0.150. The zero-order chi connectivity index (χ0) is 15.9. The van der Waals surface area contributed by atoms with Gasteiger partial charge in [0.1, 0.15) is 11.6 Å². The summed E-state index contributed by atoms with van der Waals surface area (Å²) in [5, 5.41) is 6.11. The Hall–Kier alpha value is -2.02. The maximum atomic E-state index is 12.7. The molecular formula is C15H17FN2O3S. The van der Waals surface area contributed by atoms with E-state index in [1.807, 2.05) is 0 Å². The smallest absolute Gasteiger partial charge is 0.239 e. The molecule has 7 heteroatoms. The van der Waals surface area contributed by atoms with Gasteiger partial charge in [-0.2, -0.15) is 0 Å². The Bertz CT molecular complexity index is 616. The minimum Gasteiger partial charge on any atom is -0.493 e. The van der Waals surface area contributed by atoms with Gasteiger partial charge in [0, 0.05) is 11.8 Å². The van der Waals surface area contributed by atoms with Crippen LogP contribution in [0.25, 0.3) is 0 Å². The first-order valence-electron chi connectivity index (χ1n) is 6.79. The van der Waals surface area contributed by atoms with E-state index in [2.05, 4.69) is 10.5 Å². The van der Waals surface area contributed by atoms with Crippen molar-refractivity contribution >= 4 is 23.6 Å². The van der Waals surface area contributed by atoms with Crippen molar-refractivity contribution in [2.45, 2.75) is 19.1 Å². The number of hydrogen-bond acceptors (Lipinski definition) is 5. The number of halogens is 1. The number of rotatable bonds is 7. The van der Waals surface area contributed by atoms with Crippen LogP contribution in [0.15, 0.2) is 34.9 Å². The van der Waals surface area contributed by atoms with Crippen LogP contribution in [0.2, 0.25) is 0 Å². The molecular weight excluding hydrogens is 307 g/mol. The van der Waals surface area contributed by atoms with Crippen molar-refractivity contribution in [3.05, 3.63) is 41.8 Å². The van der Waals surface area contributed by atoms with Gasteiger partial charge in [0.2, 0.25) is 11.8 Å². The van der Waals surface area contributed by atoms with Gasteiger partial charge in [-0.1, -0.05) is 5.16 Å². The molecule has 0 aliphatic rings. The van der Waals surface area contributed by atoms with E-state index < -0.39 is 0 Å². The van der Waals surface area contributed by atoms with Crippen molar-refractivity contribution in [1.29, 1.82) is 0 Å². The Morgan fingerprint density at radius 3 is 2.82 bits per heavy atom. The number of carbonyl (C=O) groups excluding carboxylic acids is 1. The van der Waals surface area contributed by atoms with E-state index in [9.17, 15) is 9.18 Å². The highest BCUT2D eigenvalue weighted by Gasteiger charge is 2.15. The third kappa shape index (κ3) is 5.07. The highest BCUT2D eigenvalue weighted by Crippen LogP contribution is 2.16. The van der Waals surface area contributed by atoms with Crippen molar-refractivity contribution in [1.82, 2.24) is 5.16 Å². The van der Waals surface area contributed by atoms with Crippen LogP contribution in [0.5, 0.6) is 5.75 Å². The molecule has 1 aromatic heterocycles. The third-order valence-electron chi connectivity index (χ3n) is 2.78. The second-order valence-corrected chi connectivity index (χ2v) is 6.09. The van der Waals surface area contributed by atoms with Gasteiger partial charge < -0.3 is 9.26 Å². The molecule has 0 bridgehead atoms. The number of amides is 1. The van der Waals surface area contributed by atoms with Gasteiger partial charge in [-0.3, -0.25) is 10.1 Å². The van der Waals surface area contributed by atoms with Crippen LogP contribution in [0.3, 0.4) is 0 Å². The van der Waals surface area contributed by atoms with E-state index >= 15 is 0 Å². The average Bonchev–Trinajstić information content (AvgIpc) is 2.90. The van der Waals surface area contributed by atoms with Crippen molar-refractivity contribution in [3.8, 4) is 5.75 Å². The van der Waals surface area contributed by atoms with Crippen LogP contribution in [-0.2, 0) is 4.79 Å². The number of hydrogen-bond donors (Lipinski definition) is 1. The molecule has 2 rings (SSSR count). The number of anilines is 1. The van der Waals surface area contributed by atoms with Crippen molar-refractivity contribution in [3.63, 3.8) is 0 Å². The van der Waals surface area contributed by atoms with Gasteiger partial charge in [-0.15, -0.1) is 11.8 Å². The topological polar surface area (TPSA) is 64.4 Å². The van der Waals surface area contributed by atoms with E-state index in [0.717, 1.165) is 0 Å². The number of aryl methyl sites for hydroxylation is 1. The van der Waals surface area contributed by atoms with Gasteiger partial charge in [0.05, 0.1) is 17.6 Å². The van der Waals surface area contributed by atoms with Crippen LogP contribution in [0, 0.1) is 12.7 Å². The molecule has 0 fully saturated rings. The first-order chi connectivity index (χ1) is 10.5. The van der Waals surface area contributed by atoms with Crippen molar-refractivity contribution in [2.75, 3.05) is 17.7 Å². The second-order valence-electron chi connectivity index (χ2n) is 4.64. The van der Waals surface area contributed by atoms with Crippen LogP contribution in [-0.4, -0.2) is 28.7 Å². The van der Waals surface area contributed by atoms with E-state index in [-0.39, 0.29) is 17.0 Å². The largest absolute Gasteiger partial charge is 0.493 e. The number of benzene rings is 1.